The third-order valence-electron chi connectivity index (χ3n) is 3.01. The normalized spacial score (nSPS) is 12.2. The van der Waals surface area contributed by atoms with Gasteiger partial charge in [-0.3, -0.25) is 5.10 Å². The molecule has 6 heteroatoms. The molecule has 2 rings (SSSR count). The molecular formula is C14H20N4O2. The van der Waals surface area contributed by atoms with Crippen LogP contribution in [-0.4, -0.2) is 28.9 Å². The standard InChI is InChI=1S/C14H20N4O2/c1-4-12-16-14(18-17-12)13(15)9-6-7-10(20-5-2)11(8-9)19-3/h6-8,13H,4-5,15H2,1-3H3,(H,16,17,18)/t13-/m0/s1. The number of aryl methyl sites for hydroxylation is 1. The summed E-state index contributed by atoms with van der Waals surface area (Å²) in [6.07, 6.45) is 0.798. The number of nitrogens with zero attached hydrogens (tertiary/aromatic N) is 2. The van der Waals surface area contributed by atoms with E-state index >= 15 is 0 Å². The number of aromatic nitrogens is 3. The van der Waals surface area contributed by atoms with E-state index in [1.54, 1.807) is 7.11 Å². The van der Waals surface area contributed by atoms with Crippen LogP contribution in [0.15, 0.2) is 18.2 Å². The van der Waals surface area contributed by atoms with Gasteiger partial charge in [-0.25, -0.2) is 4.98 Å². The minimum Gasteiger partial charge on any atom is -0.493 e. The van der Waals surface area contributed by atoms with E-state index in [1.165, 1.54) is 0 Å². The lowest BCUT2D eigenvalue weighted by Crippen LogP contribution is -2.14. The Kier molecular flexibility index (Phi) is 4.57. The Morgan fingerprint density at radius 2 is 2.10 bits per heavy atom. The fourth-order valence-corrected chi connectivity index (χ4v) is 1.91. The highest BCUT2D eigenvalue weighted by Gasteiger charge is 2.16. The van der Waals surface area contributed by atoms with Crippen molar-refractivity contribution in [1.82, 2.24) is 15.2 Å². The number of benzene rings is 1. The maximum absolute atomic E-state index is 6.19. The number of rotatable bonds is 6. The van der Waals surface area contributed by atoms with E-state index in [4.69, 9.17) is 15.2 Å². The van der Waals surface area contributed by atoms with Gasteiger partial charge in [0, 0.05) is 6.42 Å². The highest BCUT2D eigenvalue weighted by atomic mass is 16.5. The Balaban J connectivity index is 2.27. The Labute approximate surface area is 118 Å². The molecule has 6 nitrogen and oxygen atoms in total. The van der Waals surface area contributed by atoms with Crippen molar-refractivity contribution in [3.05, 3.63) is 35.4 Å². The Morgan fingerprint density at radius 1 is 1.30 bits per heavy atom. The minimum absolute atomic E-state index is 0.392. The van der Waals surface area contributed by atoms with Crippen molar-refractivity contribution >= 4 is 0 Å². The first-order valence-corrected chi connectivity index (χ1v) is 6.67. The predicted octanol–water partition coefficient (Wildman–Crippen LogP) is 1.82. The maximum Gasteiger partial charge on any atom is 0.171 e. The summed E-state index contributed by atoms with van der Waals surface area (Å²) >= 11 is 0. The lowest BCUT2D eigenvalue weighted by atomic mass is 10.1. The van der Waals surface area contributed by atoms with Crippen molar-refractivity contribution < 1.29 is 9.47 Å². The van der Waals surface area contributed by atoms with Crippen molar-refractivity contribution in [1.29, 1.82) is 0 Å². The molecular weight excluding hydrogens is 256 g/mol. The molecule has 1 aromatic carbocycles. The Morgan fingerprint density at radius 3 is 2.70 bits per heavy atom. The van der Waals surface area contributed by atoms with Crippen molar-refractivity contribution in [3.8, 4) is 11.5 Å². The van der Waals surface area contributed by atoms with Gasteiger partial charge in [0.15, 0.2) is 17.3 Å². The number of methoxy groups -OCH3 is 1. The lowest BCUT2D eigenvalue weighted by Gasteiger charge is -2.13. The fraction of sp³-hybridized carbons (Fsp3) is 0.429. The second-order valence-corrected chi connectivity index (χ2v) is 4.31. The smallest absolute Gasteiger partial charge is 0.171 e. The van der Waals surface area contributed by atoms with E-state index in [2.05, 4.69) is 15.2 Å². The SMILES string of the molecule is CCOc1ccc([C@H](N)c2n[nH]c(CC)n2)cc1OC. The van der Waals surface area contributed by atoms with Gasteiger partial charge in [0.2, 0.25) is 0 Å². The number of nitrogens with one attached hydrogen (secondary N) is 1. The number of ether oxygens (including phenoxy) is 2. The van der Waals surface area contributed by atoms with Gasteiger partial charge in [-0.2, -0.15) is 5.10 Å². The quantitative estimate of drug-likeness (QED) is 0.840. The second-order valence-electron chi connectivity index (χ2n) is 4.31. The van der Waals surface area contributed by atoms with Crippen LogP contribution in [0.1, 0.15) is 37.1 Å². The van der Waals surface area contributed by atoms with Crippen molar-refractivity contribution in [2.75, 3.05) is 13.7 Å². The number of aromatic amines is 1. The highest BCUT2D eigenvalue weighted by molar-refractivity contribution is 5.44. The zero-order valence-electron chi connectivity index (χ0n) is 12.0. The Hall–Kier alpha value is -2.08. The minimum atomic E-state index is -0.392. The molecule has 0 radical (unpaired) electrons. The summed E-state index contributed by atoms with van der Waals surface area (Å²) in [7, 11) is 1.61. The zero-order chi connectivity index (χ0) is 14.5. The summed E-state index contributed by atoms with van der Waals surface area (Å²) in [6.45, 7) is 4.53. The average molecular weight is 276 g/mol. The van der Waals surface area contributed by atoms with Gasteiger partial charge >= 0.3 is 0 Å². The third kappa shape index (κ3) is 2.91. The molecule has 0 saturated heterocycles. The van der Waals surface area contributed by atoms with E-state index < -0.39 is 6.04 Å². The summed E-state index contributed by atoms with van der Waals surface area (Å²) in [5, 5.41) is 7.01. The Bertz CT molecular complexity index is 568. The van der Waals surface area contributed by atoms with E-state index in [0.29, 0.717) is 23.9 Å². The number of nitrogens with two attached hydrogens (primary N) is 1. The van der Waals surface area contributed by atoms with E-state index in [-0.39, 0.29) is 0 Å². The van der Waals surface area contributed by atoms with Crippen LogP contribution in [0.5, 0.6) is 11.5 Å². The number of H-pyrrole nitrogens is 1. The molecule has 2 aromatic rings. The maximum atomic E-state index is 6.19. The molecule has 0 aliphatic heterocycles. The highest BCUT2D eigenvalue weighted by Crippen LogP contribution is 2.30. The molecule has 0 saturated carbocycles. The van der Waals surface area contributed by atoms with Crippen LogP contribution in [0.25, 0.3) is 0 Å². The molecule has 1 atom stereocenters. The average Bonchev–Trinajstić information content (AvgIpc) is 2.96. The summed E-state index contributed by atoms with van der Waals surface area (Å²) < 4.78 is 10.8. The van der Waals surface area contributed by atoms with Crippen LogP contribution >= 0.6 is 0 Å². The van der Waals surface area contributed by atoms with Crippen LogP contribution in [0, 0.1) is 0 Å². The first-order valence-electron chi connectivity index (χ1n) is 6.67. The first kappa shape index (κ1) is 14.3. The van der Waals surface area contributed by atoms with E-state index in [0.717, 1.165) is 17.8 Å². The fourth-order valence-electron chi connectivity index (χ4n) is 1.91. The van der Waals surface area contributed by atoms with Crippen LogP contribution in [0.4, 0.5) is 0 Å². The van der Waals surface area contributed by atoms with Gasteiger partial charge in [0.25, 0.3) is 0 Å². The summed E-state index contributed by atoms with van der Waals surface area (Å²) in [4.78, 5) is 4.36. The largest absolute Gasteiger partial charge is 0.493 e. The van der Waals surface area contributed by atoms with Crippen LogP contribution in [0.3, 0.4) is 0 Å². The molecule has 0 amide bonds. The van der Waals surface area contributed by atoms with Crippen molar-refractivity contribution in [2.24, 2.45) is 5.73 Å². The molecule has 0 aliphatic rings. The van der Waals surface area contributed by atoms with Crippen molar-refractivity contribution in [2.45, 2.75) is 26.3 Å². The van der Waals surface area contributed by atoms with Gasteiger partial charge in [0.1, 0.15) is 5.82 Å². The predicted molar refractivity (Wildman–Crippen MR) is 76.0 cm³/mol. The zero-order valence-corrected chi connectivity index (χ0v) is 12.0. The third-order valence-corrected chi connectivity index (χ3v) is 3.01. The first-order chi connectivity index (χ1) is 9.69. The molecule has 0 bridgehead atoms. The summed E-state index contributed by atoms with van der Waals surface area (Å²) in [5.74, 6) is 2.77. The van der Waals surface area contributed by atoms with Gasteiger partial charge in [-0.05, 0) is 24.6 Å². The van der Waals surface area contributed by atoms with E-state index in [9.17, 15) is 0 Å². The topological polar surface area (TPSA) is 86.0 Å². The monoisotopic (exact) mass is 276 g/mol. The lowest BCUT2D eigenvalue weighted by molar-refractivity contribution is 0.310. The van der Waals surface area contributed by atoms with Crippen LogP contribution < -0.4 is 15.2 Å². The van der Waals surface area contributed by atoms with Gasteiger partial charge in [0.05, 0.1) is 19.8 Å². The molecule has 0 fully saturated rings. The second kappa shape index (κ2) is 6.38. The summed E-state index contributed by atoms with van der Waals surface area (Å²) in [5.41, 5.74) is 7.07. The van der Waals surface area contributed by atoms with Crippen LogP contribution in [0.2, 0.25) is 0 Å². The molecule has 20 heavy (non-hydrogen) atoms. The molecule has 0 aliphatic carbocycles. The molecule has 108 valence electrons. The van der Waals surface area contributed by atoms with Gasteiger partial charge < -0.3 is 15.2 Å². The summed E-state index contributed by atoms with van der Waals surface area (Å²) in [6, 6.07) is 5.22. The van der Waals surface area contributed by atoms with E-state index in [1.807, 2.05) is 32.0 Å². The van der Waals surface area contributed by atoms with Crippen molar-refractivity contribution in [3.63, 3.8) is 0 Å². The molecule has 1 aromatic heterocycles. The number of hydrogen-bond donors (Lipinski definition) is 2. The number of hydrogen-bond acceptors (Lipinski definition) is 5. The molecule has 0 unspecified atom stereocenters. The molecule has 1 heterocycles. The van der Waals surface area contributed by atoms with Crippen LogP contribution in [-0.2, 0) is 6.42 Å². The van der Waals surface area contributed by atoms with Gasteiger partial charge in [-0.15, -0.1) is 0 Å². The molecule has 3 N–H and O–H groups in total. The van der Waals surface area contributed by atoms with Gasteiger partial charge in [-0.1, -0.05) is 13.0 Å². The molecule has 0 spiro atoms.